The van der Waals surface area contributed by atoms with Crippen molar-refractivity contribution in [1.82, 2.24) is 4.98 Å². The Morgan fingerprint density at radius 1 is 1.33 bits per heavy atom. The van der Waals surface area contributed by atoms with Crippen LogP contribution in [0.15, 0.2) is 36.4 Å². The van der Waals surface area contributed by atoms with E-state index in [1.165, 1.54) is 6.08 Å². The fourth-order valence-electron chi connectivity index (χ4n) is 1.34. The Hall–Kier alpha value is -0.394. The summed E-state index contributed by atoms with van der Waals surface area (Å²) in [5.74, 6) is -1.19. The third-order valence-corrected chi connectivity index (χ3v) is 1.95. The number of fused-ring (bicyclic) bond motifs is 1. The van der Waals surface area contributed by atoms with Crippen LogP contribution in [0, 0.1) is 0 Å². The van der Waals surface area contributed by atoms with Gasteiger partial charge in [0.2, 0.25) is 0 Å². The Kier molecular flexibility index (Phi) is 4.75. The summed E-state index contributed by atoms with van der Waals surface area (Å²) in [4.78, 5) is 13.2. The molecule has 0 fully saturated rings. The Morgan fingerprint density at radius 3 is 2.73 bits per heavy atom. The first kappa shape index (κ1) is 12.7. The molecule has 0 bridgehead atoms. The van der Waals surface area contributed by atoms with Crippen LogP contribution >= 0.6 is 0 Å². The first-order chi connectivity index (χ1) is 6.75. The molecule has 0 saturated heterocycles. The van der Waals surface area contributed by atoms with Crippen molar-refractivity contribution in [2.75, 3.05) is 0 Å². The number of hydrogen-bond donors (Lipinski definition) is 1. The van der Waals surface area contributed by atoms with Crippen LogP contribution in [-0.4, -0.2) is 11.0 Å². The van der Waals surface area contributed by atoms with Gasteiger partial charge in [-0.3, -0.25) is 0 Å². The number of para-hydroxylation sites is 1. The fraction of sp³-hybridized carbons (Fsp3) is 0. The van der Waals surface area contributed by atoms with Crippen LogP contribution in [0.2, 0.25) is 0 Å². The van der Waals surface area contributed by atoms with Gasteiger partial charge in [-0.2, -0.15) is 0 Å². The van der Waals surface area contributed by atoms with Crippen molar-refractivity contribution >= 4 is 22.9 Å². The topological polar surface area (TPSA) is 55.9 Å². The van der Waals surface area contributed by atoms with Gasteiger partial charge in [-0.05, 0) is 29.7 Å². The molecule has 1 aromatic heterocycles. The van der Waals surface area contributed by atoms with Crippen LogP contribution in [0.3, 0.4) is 0 Å². The second kappa shape index (κ2) is 5.63. The third-order valence-electron chi connectivity index (χ3n) is 1.95. The summed E-state index contributed by atoms with van der Waals surface area (Å²) in [5, 5.41) is 11.2. The number of benzene rings is 1. The quantitative estimate of drug-likeness (QED) is 0.472. The van der Waals surface area contributed by atoms with Crippen molar-refractivity contribution in [3.8, 4) is 0 Å². The third kappa shape index (κ3) is 3.29. The van der Waals surface area contributed by atoms with Crippen molar-refractivity contribution in [3.05, 3.63) is 42.1 Å². The van der Waals surface area contributed by atoms with Gasteiger partial charge in [0.05, 0.1) is 5.97 Å². The van der Waals surface area contributed by atoms with Crippen molar-refractivity contribution in [3.63, 3.8) is 0 Å². The van der Waals surface area contributed by atoms with E-state index in [1.54, 1.807) is 0 Å². The standard InChI is InChI=1S/C11H9NO2.K/c13-11(14)6-5-9-7-8-3-1-2-4-10(8)12-9;/h1-7,12H,(H,13,14);/q;+1/p-1. The predicted octanol–water partition coefficient (Wildman–Crippen LogP) is -2.06. The summed E-state index contributed by atoms with van der Waals surface area (Å²) >= 11 is 0. The molecule has 15 heavy (non-hydrogen) atoms. The van der Waals surface area contributed by atoms with Crippen molar-refractivity contribution in [2.24, 2.45) is 0 Å². The molecule has 0 unspecified atom stereocenters. The average Bonchev–Trinajstić information content (AvgIpc) is 2.57. The average molecular weight is 225 g/mol. The van der Waals surface area contributed by atoms with E-state index in [4.69, 9.17) is 0 Å². The molecule has 0 aliphatic carbocycles. The molecule has 0 radical (unpaired) electrons. The zero-order valence-corrected chi connectivity index (χ0v) is 11.5. The van der Waals surface area contributed by atoms with Crippen LogP contribution in [0.1, 0.15) is 5.69 Å². The molecule has 1 aromatic carbocycles. The molecule has 1 N–H and O–H groups in total. The fourth-order valence-corrected chi connectivity index (χ4v) is 1.34. The Bertz CT molecular complexity index is 469. The number of rotatable bonds is 2. The van der Waals surface area contributed by atoms with E-state index in [9.17, 15) is 9.90 Å². The Labute approximate surface area is 130 Å². The van der Waals surface area contributed by atoms with Gasteiger partial charge in [0, 0.05) is 11.2 Å². The Balaban J connectivity index is 0.00000112. The maximum Gasteiger partial charge on any atom is 1.00 e. The summed E-state index contributed by atoms with van der Waals surface area (Å²) < 4.78 is 0. The number of aromatic nitrogens is 1. The molecule has 2 aromatic rings. The van der Waals surface area contributed by atoms with Crippen molar-refractivity contribution in [2.45, 2.75) is 0 Å². The molecule has 0 saturated carbocycles. The number of H-pyrrole nitrogens is 1. The van der Waals surface area contributed by atoms with E-state index < -0.39 is 5.97 Å². The smallest absolute Gasteiger partial charge is 0.545 e. The molecule has 0 aliphatic rings. The molecular formula is C11H8KNO2. The number of aliphatic carboxylic acids is 1. The van der Waals surface area contributed by atoms with Crippen LogP contribution in [0.4, 0.5) is 0 Å². The first-order valence-electron chi connectivity index (χ1n) is 4.22. The number of aromatic amines is 1. The van der Waals surface area contributed by atoms with Gasteiger partial charge in [0.15, 0.2) is 0 Å². The molecule has 3 nitrogen and oxygen atoms in total. The SMILES string of the molecule is O=C([O-])C=Cc1cc2ccccc2[nH]1.[K+]. The van der Waals surface area contributed by atoms with Crippen molar-refractivity contribution < 1.29 is 61.3 Å². The summed E-state index contributed by atoms with van der Waals surface area (Å²) in [6, 6.07) is 9.64. The molecule has 4 heteroatoms. The summed E-state index contributed by atoms with van der Waals surface area (Å²) in [6.07, 6.45) is 2.49. The van der Waals surface area contributed by atoms with Crippen molar-refractivity contribution in [1.29, 1.82) is 0 Å². The number of nitrogens with one attached hydrogen (secondary N) is 1. The van der Waals surface area contributed by atoms with Gasteiger partial charge in [0.1, 0.15) is 0 Å². The largest absolute Gasteiger partial charge is 1.00 e. The molecule has 70 valence electrons. The molecular weight excluding hydrogens is 217 g/mol. The number of carbonyl (C=O) groups excluding carboxylic acids is 1. The number of carboxylic acid groups (broad SMARTS) is 1. The maximum absolute atomic E-state index is 10.2. The maximum atomic E-state index is 10.2. The molecule has 1 heterocycles. The normalized spacial score (nSPS) is 10.4. The van der Waals surface area contributed by atoms with E-state index in [1.807, 2.05) is 30.3 Å². The van der Waals surface area contributed by atoms with Gasteiger partial charge in [-0.1, -0.05) is 18.2 Å². The van der Waals surface area contributed by atoms with E-state index in [2.05, 4.69) is 4.98 Å². The second-order valence-corrected chi connectivity index (χ2v) is 2.96. The van der Waals surface area contributed by atoms with Crippen LogP contribution < -0.4 is 56.5 Å². The number of carbonyl (C=O) groups is 1. The molecule has 0 amide bonds. The van der Waals surface area contributed by atoms with Gasteiger partial charge in [-0.15, -0.1) is 0 Å². The van der Waals surface area contributed by atoms with Gasteiger partial charge < -0.3 is 14.9 Å². The predicted molar refractivity (Wildman–Crippen MR) is 52.3 cm³/mol. The summed E-state index contributed by atoms with van der Waals surface area (Å²) in [7, 11) is 0. The minimum Gasteiger partial charge on any atom is -0.545 e. The summed E-state index contributed by atoms with van der Waals surface area (Å²) in [5.41, 5.74) is 1.75. The van der Waals surface area contributed by atoms with E-state index in [0.717, 1.165) is 22.7 Å². The van der Waals surface area contributed by atoms with Gasteiger partial charge in [0.25, 0.3) is 0 Å². The van der Waals surface area contributed by atoms with E-state index in [-0.39, 0.29) is 51.4 Å². The number of carboxylic acids is 1. The number of hydrogen-bond acceptors (Lipinski definition) is 2. The molecule has 0 spiro atoms. The van der Waals surface area contributed by atoms with Gasteiger partial charge in [-0.25, -0.2) is 0 Å². The molecule has 0 atom stereocenters. The van der Waals surface area contributed by atoms with E-state index >= 15 is 0 Å². The van der Waals surface area contributed by atoms with E-state index in [0.29, 0.717) is 0 Å². The minimum atomic E-state index is -1.19. The summed E-state index contributed by atoms with van der Waals surface area (Å²) in [6.45, 7) is 0. The molecule has 0 aliphatic heterocycles. The first-order valence-corrected chi connectivity index (χ1v) is 4.22. The second-order valence-electron chi connectivity index (χ2n) is 2.96. The zero-order valence-electron chi connectivity index (χ0n) is 8.36. The van der Waals surface area contributed by atoms with Crippen LogP contribution in [0.25, 0.3) is 17.0 Å². The van der Waals surface area contributed by atoms with Crippen LogP contribution in [-0.2, 0) is 4.79 Å². The zero-order chi connectivity index (χ0) is 9.97. The minimum absolute atomic E-state index is 0. The monoisotopic (exact) mass is 225 g/mol. The molecule has 2 rings (SSSR count). The van der Waals surface area contributed by atoms with Crippen LogP contribution in [0.5, 0.6) is 0 Å². The van der Waals surface area contributed by atoms with Gasteiger partial charge >= 0.3 is 51.4 Å². The Morgan fingerprint density at radius 2 is 2.07 bits per heavy atom.